The van der Waals surface area contributed by atoms with Crippen LogP contribution in [0, 0.1) is 0 Å². The van der Waals surface area contributed by atoms with Crippen molar-refractivity contribution in [2.45, 2.75) is 44.6 Å². The molecule has 152 valence electrons. The first-order valence-corrected chi connectivity index (χ1v) is 10.8. The van der Waals surface area contributed by atoms with Gasteiger partial charge in [0, 0.05) is 18.9 Å². The number of fused-ring (bicyclic) bond motifs is 1. The number of rotatable bonds is 5. The first-order chi connectivity index (χ1) is 13.6. The molecule has 0 unspecified atom stereocenters. The molecule has 5 nitrogen and oxygen atoms in total. The highest BCUT2D eigenvalue weighted by Gasteiger charge is 2.16. The van der Waals surface area contributed by atoms with Crippen LogP contribution in [0.25, 0.3) is 10.8 Å². The first kappa shape index (κ1) is 21.0. The van der Waals surface area contributed by atoms with Crippen LogP contribution in [-0.2, 0) is 26.8 Å². The summed E-state index contributed by atoms with van der Waals surface area (Å²) < 4.78 is 33.3. The Hall–Kier alpha value is -2.70. The van der Waals surface area contributed by atoms with E-state index in [1.54, 1.807) is 30.3 Å². The summed E-state index contributed by atoms with van der Waals surface area (Å²) in [6.45, 7) is 7.94. The number of carbonyl (C=O) groups is 1. The zero-order chi connectivity index (χ0) is 21.2. The van der Waals surface area contributed by atoms with E-state index in [2.05, 4.69) is 25.5 Å². The molecule has 0 aliphatic rings. The summed E-state index contributed by atoms with van der Waals surface area (Å²) in [4.78, 5) is 11.4. The molecule has 6 heteroatoms. The highest BCUT2D eigenvalue weighted by atomic mass is 32.2. The molecule has 0 aliphatic carbocycles. The van der Waals surface area contributed by atoms with Crippen molar-refractivity contribution in [1.29, 1.82) is 0 Å². The van der Waals surface area contributed by atoms with Crippen LogP contribution in [0.1, 0.15) is 38.8 Å². The molecule has 1 N–H and O–H groups in total. The van der Waals surface area contributed by atoms with Crippen molar-refractivity contribution < 1.29 is 17.9 Å². The standard InChI is InChI=1S/C23H25NO4S/c1-16(25)28-22-7-5-6-18-14-20(12-13-21(18)22)29(26,27)24-15-17-8-10-19(11-9-17)23(2,3)4/h5-14,24H,15H2,1-4H3. The van der Waals surface area contributed by atoms with E-state index < -0.39 is 16.0 Å². The van der Waals surface area contributed by atoms with Gasteiger partial charge in [0.1, 0.15) is 5.75 Å². The third kappa shape index (κ3) is 5.02. The molecule has 0 atom stereocenters. The molecular formula is C23H25NO4S. The van der Waals surface area contributed by atoms with E-state index >= 15 is 0 Å². The summed E-state index contributed by atoms with van der Waals surface area (Å²) in [5, 5.41) is 1.36. The minimum absolute atomic E-state index is 0.0497. The van der Waals surface area contributed by atoms with E-state index in [1.807, 2.05) is 24.3 Å². The Kier molecular flexibility index (Phi) is 5.78. The topological polar surface area (TPSA) is 72.5 Å². The smallest absolute Gasteiger partial charge is 0.308 e. The summed E-state index contributed by atoms with van der Waals surface area (Å²) >= 11 is 0. The van der Waals surface area contributed by atoms with E-state index in [0.717, 1.165) is 5.56 Å². The van der Waals surface area contributed by atoms with Crippen LogP contribution in [0.3, 0.4) is 0 Å². The Labute approximate surface area is 171 Å². The highest BCUT2D eigenvalue weighted by Crippen LogP contribution is 2.28. The van der Waals surface area contributed by atoms with Gasteiger partial charge in [-0.1, -0.05) is 57.2 Å². The maximum atomic E-state index is 12.7. The van der Waals surface area contributed by atoms with Crippen molar-refractivity contribution in [1.82, 2.24) is 4.72 Å². The van der Waals surface area contributed by atoms with Gasteiger partial charge >= 0.3 is 5.97 Å². The second-order valence-corrected chi connectivity index (χ2v) is 9.77. The number of benzene rings is 3. The Morgan fingerprint density at radius 3 is 2.31 bits per heavy atom. The summed E-state index contributed by atoms with van der Waals surface area (Å²) in [7, 11) is -3.68. The van der Waals surface area contributed by atoms with E-state index in [0.29, 0.717) is 16.5 Å². The molecule has 0 heterocycles. The molecule has 0 fully saturated rings. The van der Waals surface area contributed by atoms with E-state index in [-0.39, 0.29) is 16.9 Å². The molecule has 3 aromatic carbocycles. The van der Waals surface area contributed by atoms with Crippen molar-refractivity contribution in [2.75, 3.05) is 0 Å². The van der Waals surface area contributed by atoms with Crippen molar-refractivity contribution in [2.24, 2.45) is 0 Å². The van der Waals surface area contributed by atoms with Crippen LogP contribution in [0.4, 0.5) is 0 Å². The summed E-state index contributed by atoms with van der Waals surface area (Å²) in [5.74, 6) is -0.0146. The van der Waals surface area contributed by atoms with E-state index in [1.165, 1.54) is 18.6 Å². The van der Waals surface area contributed by atoms with Crippen molar-refractivity contribution >= 4 is 26.8 Å². The minimum Gasteiger partial charge on any atom is -0.426 e. The van der Waals surface area contributed by atoms with Gasteiger partial charge in [0.05, 0.1) is 4.90 Å². The fourth-order valence-electron chi connectivity index (χ4n) is 3.03. The van der Waals surface area contributed by atoms with Crippen LogP contribution >= 0.6 is 0 Å². The lowest BCUT2D eigenvalue weighted by Crippen LogP contribution is -2.23. The molecule has 0 saturated carbocycles. The predicted molar refractivity (Wildman–Crippen MR) is 114 cm³/mol. The zero-order valence-electron chi connectivity index (χ0n) is 17.0. The van der Waals surface area contributed by atoms with Crippen molar-refractivity contribution in [3.63, 3.8) is 0 Å². The lowest BCUT2D eigenvalue weighted by atomic mass is 9.87. The van der Waals surface area contributed by atoms with Gasteiger partial charge in [-0.15, -0.1) is 0 Å². The quantitative estimate of drug-likeness (QED) is 0.494. The highest BCUT2D eigenvalue weighted by molar-refractivity contribution is 7.89. The molecule has 0 radical (unpaired) electrons. The van der Waals surface area contributed by atoms with Crippen LogP contribution in [0.5, 0.6) is 5.75 Å². The van der Waals surface area contributed by atoms with Crippen molar-refractivity contribution in [3.05, 3.63) is 71.8 Å². The van der Waals surface area contributed by atoms with E-state index in [9.17, 15) is 13.2 Å². The number of sulfonamides is 1. The SMILES string of the molecule is CC(=O)Oc1cccc2cc(S(=O)(=O)NCc3ccc(C(C)(C)C)cc3)ccc12. The van der Waals surface area contributed by atoms with Crippen molar-refractivity contribution in [3.8, 4) is 5.75 Å². The Balaban J connectivity index is 1.80. The second-order valence-electron chi connectivity index (χ2n) is 8.00. The minimum atomic E-state index is -3.68. The van der Waals surface area contributed by atoms with Crippen LogP contribution < -0.4 is 9.46 Å². The molecule has 0 saturated heterocycles. The molecule has 0 amide bonds. The monoisotopic (exact) mass is 411 g/mol. The predicted octanol–water partition coefficient (Wildman–Crippen LogP) is 4.54. The maximum absolute atomic E-state index is 12.7. The number of ether oxygens (including phenoxy) is 1. The van der Waals surface area contributed by atoms with Crippen LogP contribution in [0.2, 0.25) is 0 Å². The van der Waals surface area contributed by atoms with Gasteiger partial charge in [-0.2, -0.15) is 0 Å². The van der Waals surface area contributed by atoms with Gasteiger partial charge < -0.3 is 4.74 Å². The fraction of sp³-hybridized carbons (Fsp3) is 0.261. The average Bonchev–Trinajstić information content (AvgIpc) is 2.65. The summed E-state index contributed by atoms with van der Waals surface area (Å²) in [6.07, 6.45) is 0. The average molecular weight is 412 g/mol. The summed E-state index contributed by atoms with van der Waals surface area (Å²) in [5.41, 5.74) is 2.13. The third-order valence-corrected chi connectivity index (χ3v) is 6.06. The van der Waals surface area contributed by atoms with Gasteiger partial charge in [-0.05, 0) is 46.2 Å². The molecule has 3 aromatic rings. The molecule has 0 aromatic heterocycles. The van der Waals surface area contributed by atoms with Crippen LogP contribution in [0.15, 0.2) is 65.6 Å². The maximum Gasteiger partial charge on any atom is 0.308 e. The second kappa shape index (κ2) is 7.97. The Bertz CT molecular complexity index is 1140. The van der Waals surface area contributed by atoms with Gasteiger partial charge in [-0.3, -0.25) is 4.79 Å². The van der Waals surface area contributed by atoms with E-state index in [4.69, 9.17) is 4.74 Å². The molecule has 29 heavy (non-hydrogen) atoms. The van der Waals surface area contributed by atoms with Gasteiger partial charge in [0.15, 0.2) is 0 Å². The van der Waals surface area contributed by atoms with Gasteiger partial charge in [-0.25, -0.2) is 13.1 Å². The molecule has 0 bridgehead atoms. The number of esters is 1. The van der Waals surface area contributed by atoms with Gasteiger partial charge in [0.25, 0.3) is 0 Å². The molecule has 0 aliphatic heterocycles. The normalized spacial score (nSPS) is 12.1. The Morgan fingerprint density at radius 1 is 1.00 bits per heavy atom. The number of hydrogen-bond acceptors (Lipinski definition) is 4. The molecular weight excluding hydrogens is 386 g/mol. The molecule has 0 spiro atoms. The number of nitrogens with one attached hydrogen (secondary N) is 1. The Morgan fingerprint density at radius 2 is 1.69 bits per heavy atom. The first-order valence-electron chi connectivity index (χ1n) is 9.36. The number of carbonyl (C=O) groups excluding carboxylic acids is 1. The zero-order valence-corrected chi connectivity index (χ0v) is 17.8. The fourth-order valence-corrected chi connectivity index (χ4v) is 4.08. The number of hydrogen-bond donors (Lipinski definition) is 1. The van der Waals surface area contributed by atoms with Gasteiger partial charge in [0.2, 0.25) is 10.0 Å². The largest absolute Gasteiger partial charge is 0.426 e. The lowest BCUT2D eigenvalue weighted by Gasteiger charge is -2.19. The lowest BCUT2D eigenvalue weighted by molar-refractivity contribution is -0.131. The molecule has 3 rings (SSSR count). The third-order valence-electron chi connectivity index (χ3n) is 4.66. The van der Waals surface area contributed by atoms with Crippen LogP contribution in [-0.4, -0.2) is 14.4 Å². The summed E-state index contributed by atoms with van der Waals surface area (Å²) in [6, 6.07) is 17.9.